The van der Waals surface area contributed by atoms with E-state index in [0.29, 0.717) is 6.42 Å². The third kappa shape index (κ3) is 2.66. The number of hydrogen-bond acceptors (Lipinski definition) is 6. The standard InChI is InChI=1S/C14H16O6/c1-3-8(2)11-14(17,18)20-13(16)10-6-4-5-9(7-10)12(15)19-11/h4-8,11,17-18H,3H2,1-2H3. The van der Waals surface area contributed by atoms with Gasteiger partial charge >= 0.3 is 17.9 Å². The van der Waals surface area contributed by atoms with Gasteiger partial charge < -0.3 is 19.7 Å². The molecule has 0 aromatic heterocycles. The summed E-state index contributed by atoms with van der Waals surface area (Å²) < 4.78 is 9.79. The van der Waals surface area contributed by atoms with E-state index in [-0.39, 0.29) is 11.1 Å². The lowest BCUT2D eigenvalue weighted by atomic mass is 9.99. The van der Waals surface area contributed by atoms with Crippen molar-refractivity contribution < 1.29 is 29.3 Å². The van der Waals surface area contributed by atoms with Gasteiger partial charge in [0.25, 0.3) is 0 Å². The lowest BCUT2D eigenvalue weighted by Gasteiger charge is -2.32. The predicted molar refractivity (Wildman–Crippen MR) is 67.7 cm³/mol. The van der Waals surface area contributed by atoms with E-state index in [9.17, 15) is 19.8 Å². The first-order valence-corrected chi connectivity index (χ1v) is 6.34. The number of hydrogen-bond donors (Lipinski definition) is 2. The van der Waals surface area contributed by atoms with Crippen molar-refractivity contribution in [1.29, 1.82) is 0 Å². The summed E-state index contributed by atoms with van der Waals surface area (Å²) in [6.45, 7) is 3.46. The van der Waals surface area contributed by atoms with Crippen molar-refractivity contribution in [2.45, 2.75) is 32.3 Å². The molecule has 20 heavy (non-hydrogen) atoms. The van der Waals surface area contributed by atoms with Crippen molar-refractivity contribution in [2.75, 3.05) is 0 Å². The Hall–Kier alpha value is -1.92. The molecular formula is C14H16O6. The molecule has 6 heteroatoms. The average Bonchev–Trinajstić information content (AvgIpc) is 2.44. The molecule has 2 unspecified atom stereocenters. The second-order valence-corrected chi connectivity index (χ2v) is 4.84. The normalized spacial score (nSPS) is 22.9. The van der Waals surface area contributed by atoms with Crippen molar-refractivity contribution in [2.24, 2.45) is 5.92 Å². The van der Waals surface area contributed by atoms with Crippen LogP contribution in [0.25, 0.3) is 0 Å². The van der Waals surface area contributed by atoms with Gasteiger partial charge in [0.15, 0.2) is 6.10 Å². The lowest BCUT2D eigenvalue weighted by molar-refractivity contribution is -0.356. The second-order valence-electron chi connectivity index (χ2n) is 4.84. The van der Waals surface area contributed by atoms with E-state index in [0.717, 1.165) is 0 Å². The molecule has 1 heterocycles. The van der Waals surface area contributed by atoms with E-state index in [2.05, 4.69) is 4.74 Å². The molecule has 0 saturated heterocycles. The van der Waals surface area contributed by atoms with Crippen LogP contribution in [-0.4, -0.2) is 34.2 Å². The van der Waals surface area contributed by atoms with Crippen molar-refractivity contribution in [3.8, 4) is 0 Å². The topological polar surface area (TPSA) is 93.1 Å². The molecule has 0 saturated carbocycles. The highest BCUT2D eigenvalue weighted by molar-refractivity contribution is 5.95. The van der Waals surface area contributed by atoms with E-state index >= 15 is 0 Å². The number of carbonyl (C=O) groups is 2. The van der Waals surface area contributed by atoms with E-state index in [4.69, 9.17) is 4.74 Å². The van der Waals surface area contributed by atoms with Gasteiger partial charge in [0.1, 0.15) is 0 Å². The van der Waals surface area contributed by atoms with Crippen molar-refractivity contribution >= 4 is 11.9 Å². The number of rotatable bonds is 2. The lowest BCUT2D eigenvalue weighted by Crippen LogP contribution is -2.51. The zero-order valence-corrected chi connectivity index (χ0v) is 11.2. The van der Waals surface area contributed by atoms with Crippen LogP contribution in [0.5, 0.6) is 0 Å². The highest BCUT2D eigenvalue weighted by Gasteiger charge is 2.46. The highest BCUT2D eigenvalue weighted by atomic mass is 16.8. The van der Waals surface area contributed by atoms with Crippen LogP contribution >= 0.6 is 0 Å². The smallest absolute Gasteiger partial charge is 0.364 e. The van der Waals surface area contributed by atoms with Crippen LogP contribution < -0.4 is 0 Å². The average molecular weight is 280 g/mol. The van der Waals surface area contributed by atoms with Crippen LogP contribution in [0.3, 0.4) is 0 Å². The van der Waals surface area contributed by atoms with Gasteiger partial charge in [0.2, 0.25) is 0 Å². The molecule has 1 aromatic carbocycles. The summed E-state index contributed by atoms with van der Waals surface area (Å²) in [5.41, 5.74) is 0.210. The maximum absolute atomic E-state index is 12.0. The molecule has 2 atom stereocenters. The number of esters is 2. The first-order chi connectivity index (χ1) is 9.35. The minimum Gasteiger partial charge on any atom is -0.448 e. The van der Waals surface area contributed by atoms with E-state index in [1.165, 1.54) is 24.3 Å². The molecule has 1 aliphatic rings. The molecule has 2 rings (SSSR count). The van der Waals surface area contributed by atoms with Crippen LogP contribution in [0.15, 0.2) is 24.3 Å². The van der Waals surface area contributed by atoms with Crippen molar-refractivity contribution in [3.63, 3.8) is 0 Å². The third-order valence-corrected chi connectivity index (χ3v) is 3.34. The second kappa shape index (κ2) is 5.22. The summed E-state index contributed by atoms with van der Waals surface area (Å²) in [4.78, 5) is 23.9. The Labute approximate surface area is 115 Å². The van der Waals surface area contributed by atoms with Crippen LogP contribution in [0.2, 0.25) is 0 Å². The largest absolute Gasteiger partial charge is 0.448 e. The Morgan fingerprint density at radius 1 is 1.25 bits per heavy atom. The minimum atomic E-state index is -2.87. The van der Waals surface area contributed by atoms with E-state index in [1.54, 1.807) is 13.8 Å². The first-order valence-electron chi connectivity index (χ1n) is 6.34. The molecule has 0 amide bonds. The highest BCUT2D eigenvalue weighted by Crippen LogP contribution is 2.27. The number of cyclic esters (lactones) is 2. The SMILES string of the molecule is CCC(C)C1OC(=O)c2cccc(c2)C(=O)OC1(O)O. The van der Waals surface area contributed by atoms with Crippen LogP contribution in [0.1, 0.15) is 41.0 Å². The maximum Gasteiger partial charge on any atom is 0.364 e. The van der Waals surface area contributed by atoms with Crippen molar-refractivity contribution in [1.82, 2.24) is 0 Å². The van der Waals surface area contributed by atoms with Crippen LogP contribution in [-0.2, 0) is 9.47 Å². The molecule has 1 aliphatic heterocycles. The molecular weight excluding hydrogens is 264 g/mol. The molecule has 2 bridgehead atoms. The van der Waals surface area contributed by atoms with Gasteiger partial charge in [0, 0.05) is 5.92 Å². The van der Waals surface area contributed by atoms with Gasteiger partial charge in [-0.15, -0.1) is 0 Å². The number of aliphatic hydroxyl groups is 2. The quantitative estimate of drug-likeness (QED) is 0.621. The number of benzene rings is 1. The predicted octanol–water partition coefficient (Wildman–Crippen LogP) is 1.07. The molecule has 1 aromatic rings. The number of ether oxygens (including phenoxy) is 2. The summed E-state index contributed by atoms with van der Waals surface area (Å²) in [6.07, 6.45) is -0.853. The van der Waals surface area contributed by atoms with Crippen molar-refractivity contribution in [3.05, 3.63) is 35.4 Å². The van der Waals surface area contributed by atoms with Gasteiger partial charge in [0.05, 0.1) is 11.1 Å². The van der Waals surface area contributed by atoms with Gasteiger partial charge in [-0.25, -0.2) is 9.59 Å². The van der Waals surface area contributed by atoms with Gasteiger partial charge in [-0.3, -0.25) is 0 Å². The fourth-order valence-electron chi connectivity index (χ4n) is 1.99. The van der Waals surface area contributed by atoms with Gasteiger partial charge in [-0.2, -0.15) is 0 Å². The Morgan fingerprint density at radius 2 is 1.85 bits per heavy atom. The summed E-state index contributed by atoms with van der Waals surface area (Å²) in [7, 11) is 0. The fourth-order valence-corrected chi connectivity index (χ4v) is 1.99. The molecule has 2 N–H and O–H groups in total. The zero-order chi connectivity index (χ0) is 14.9. The van der Waals surface area contributed by atoms with E-state index in [1.807, 2.05) is 0 Å². The van der Waals surface area contributed by atoms with Crippen LogP contribution in [0, 0.1) is 5.92 Å². The number of carbonyl (C=O) groups excluding carboxylic acids is 2. The minimum absolute atomic E-state index is 0.0525. The summed E-state index contributed by atoms with van der Waals surface area (Å²) in [5, 5.41) is 19.9. The molecule has 0 aliphatic carbocycles. The Balaban J connectivity index is 2.46. The Bertz CT molecular complexity index is 536. The van der Waals surface area contributed by atoms with Gasteiger partial charge in [-0.05, 0) is 24.6 Å². The molecule has 0 spiro atoms. The molecule has 6 nitrogen and oxygen atoms in total. The maximum atomic E-state index is 12.0. The zero-order valence-electron chi connectivity index (χ0n) is 11.2. The Kier molecular flexibility index (Phi) is 3.78. The van der Waals surface area contributed by atoms with Gasteiger partial charge in [-0.1, -0.05) is 19.9 Å². The van der Waals surface area contributed by atoms with E-state index < -0.39 is 29.9 Å². The number of fused-ring (bicyclic) bond motifs is 2. The summed E-state index contributed by atoms with van der Waals surface area (Å²) in [6, 6.07) is 5.68. The summed E-state index contributed by atoms with van der Waals surface area (Å²) in [5.74, 6) is -4.93. The fraction of sp³-hybridized carbons (Fsp3) is 0.429. The molecule has 0 fully saturated rings. The summed E-state index contributed by atoms with van der Waals surface area (Å²) >= 11 is 0. The molecule has 0 radical (unpaired) electrons. The van der Waals surface area contributed by atoms with Crippen LogP contribution in [0.4, 0.5) is 0 Å². The monoisotopic (exact) mass is 280 g/mol. The molecule has 108 valence electrons. The first kappa shape index (κ1) is 14.5. The third-order valence-electron chi connectivity index (χ3n) is 3.34. The Morgan fingerprint density at radius 3 is 2.45 bits per heavy atom.